The molecule has 0 radical (unpaired) electrons. The largest absolute Gasteiger partial charge is 0.387 e. The number of nitrogens with zero attached hydrogens (tertiary/aromatic N) is 2. The van der Waals surface area contributed by atoms with Crippen molar-refractivity contribution in [2.75, 3.05) is 38.1 Å². The summed E-state index contributed by atoms with van der Waals surface area (Å²) in [6.07, 6.45) is 0.133. The van der Waals surface area contributed by atoms with Gasteiger partial charge in [-0.15, -0.1) is 0 Å². The maximum Gasteiger partial charge on any atom is 0.251 e. The molecule has 1 atom stereocenters. The third kappa shape index (κ3) is 4.50. The average Bonchev–Trinajstić information content (AvgIpc) is 3.12. The van der Waals surface area contributed by atoms with Gasteiger partial charge in [-0.25, -0.2) is 8.42 Å². The van der Waals surface area contributed by atoms with Gasteiger partial charge in [-0.3, -0.25) is 4.79 Å². The molecule has 1 aliphatic rings. The Bertz CT molecular complexity index is 1000. The van der Waals surface area contributed by atoms with Gasteiger partial charge in [0.15, 0.2) is 0 Å². The van der Waals surface area contributed by atoms with Gasteiger partial charge >= 0.3 is 0 Å². The summed E-state index contributed by atoms with van der Waals surface area (Å²) in [4.78, 5) is 14.8. The number of likely N-dealkylation sites (N-methyl/N-ethyl adjacent to an activating group) is 1. The number of hydrogen-bond acceptors (Lipinski definition) is 5. The van der Waals surface area contributed by atoms with Gasteiger partial charge in [-0.1, -0.05) is 26.0 Å². The Balaban J connectivity index is 1.62. The molecule has 2 aromatic rings. The summed E-state index contributed by atoms with van der Waals surface area (Å²) in [6, 6.07) is 11.7. The summed E-state index contributed by atoms with van der Waals surface area (Å²) in [7, 11) is -1.51. The number of carbonyl (C=O) groups excluding carboxylic acids is 1. The molecular formula is C22H29N3O4S. The number of anilines is 1. The van der Waals surface area contributed by atoms with Gasteiger partial charge in [0, 0.05) is 44.5 Å². The van der Waals surface area contributed by atoms with E-state index in [1.165, 1.54) is 39.8 Å². The van der Waals surface area contributed by atoms with Crippen molar-refractivity contribution in [1.29, 1.82) is 0 Å². The number of nitrogens with one attached hydrogen (secondary N) is 1. The van der Waals surface area contributed by atoms with Crippen LogP contribution in [0.4, 0.5) is 5.69 Å². The fraction of sp³-hybridized carbons (Fsp3) is 0.409. The van der Waals surface area contributed by atoms with Crippen molar-refractivity contribution < 1.29 is 18.3 Å². The monoisotopic (exact) mass is 431 g/mol. The zero-order chi connectivity index (χ0) is 21.9. The normalized spacial score (nSPS) is 14.6. The van der Waals surface area contributed by atoms with Crippen LogP contribution in [0.3, 0.4) is 0 Å². The highest BCUT2D eigenvalue weighted by atomic mass is 32.2. The van der Waals surface area contributed by atoms with Crippen LogP contribution in [0.2, 0.25) is 0 Å². The second-order valence-corrected chi connectivity index (χ2v) is 9.34. The number of sulfonamides is 1. The lowest BCUT2D eigenvalue weighted by Crippen LogP contribution is -2.31. The third-order valence-electron chi connectivity index (χ3n) is 5.53. The highest BCUT2D eigenvalue weighted by molar-refractivity contribution is 7.89. The second kappa shape index (κ2) is 9.16. The summed E-state index contributed by atoms with van der Waals surface area (Å²) in [6.45, 7) is 5.38. The van der Waals surface area contributed by atoms with Crippen LogP contribution in [0, 0.1) is 0 Å². The summed E-state index contributed by atoms with van der Waals surface area (Å²) in [5.41, 5.74) is 3.49. The highest BCUT2D eigenvalue weighted by Gasteiger charge is 2.22. The number of benzene rings is 2. The molecular weight excluding hydrogens is 402 g/mol. The first-order valence-electron chi connectivity index (χ1n) is 10.2. The molecule has 0 aliphatic carbocycles. The van der Waals surface area contributed by atoms with Crippen molar-refractivity contribution in [3.63, 3.8) is 0 Å². The molecule has 2 N–H and O–H groups in total. The van der Waals surface area contributed by atoms with Crippen molar-refractivity contribution in [3.05, 3.63) is 59.2 Å². The van der Waals surface area contributed by atoms with Gasteiger partial charge < -0.3 is 15.3 Å². The SMILES string of the molecule is CCN(CC)S(=O)(=O)c1ccc(C(=O)NCC(O)c2ccc3c(c2)CCN3C)cc1. The van der Waals surface area contributed by atoms with Gasteiger partial charge in [0.05, 0.1) is 11.0 Å². The first-order valence-corrected chi connectivity index (χ1v) is 11.6. The van der Waals surface area contributed by atoms with Crippen LogP contribution in [0.15, 0.2) is 47.4 Å². The molecule has 30 heavy (non-hydrogen) atoms. The summed E-state index contributed by atoms with van der Waals surface area (Å²) >= 11 is 0. The van der Waals surface area contributed by atoms with Gasteiger partial charge in [-0.2, -0.15) is 4.31 Å². The average molecular weight is 432 g/mol. The predicted octanol–water partition coefficient (Wildman–Crippen LogP) is 2.17. The first-order chi connectivity index (χ1) is 14.3. The van der Waals surface area contributed by atoms with E-state index in [2.05, 4.69) is 10.2 Å². The van der Waals surface area contributed by atoms with Crippen molar-refractivity contribution in [2.24, 2.45) is 0 Å². The Hall–Kier alpha value is -2.42. The quantitative estimate of drug-likeness (QED) is 0.669. The fourth-order valence-electron chi connectivity index (χ4n) is 3.69. The molecule has 0 fully saturated rings. The molecule has 7 nitrogen and oxygen atoms in total. The standard InChI is InChI=1S/C22H29N3O4S/c1-4-25(5-2)30(28,29)19-9-6-16(7-10-19)22(27)23-15-21(26)18-8-11-20-17(14-18)12-13-24(20)3/h6-11,14,21,26H,4-5,12-13,15H2,1-3H3,(H,23,27). The molecule has 1 amide bonds. The minimum absolute atomic E-state index is 0.0763. The number of fused-ring (bicyclic) bond motifs is 1. The summed E-state index contributed by atoms with van der Waals surface area (Å²) in [5, 5.41) is 13.2. The van der Waals surface area contributed by atoms with Gasteiger partial charge in [0.25, 0.3) is 5.91 Å². The lowest BCUT2D eigenvalue weighted by Gasteiger charge is -2.18. The molecule has 8 heteroatoms. The van der Waals surface area contributed by atoms with Crippen molar-refractivity contribution in [3.8, 4) is 0 Å². The smallest absolute Gasteiger partial charge is 0.251 e. The molecule has 1 unspecified atom stereocenters. The number of amides is 1. The van der Waals surface area contributed by atoms with Crippen LogP contribution in [-0.2, 0) is 16.4 Å². The third-order valence-corrected chi connectivity index (χ3v) is 7.60. The Labute approximate surface area is 178 Å². The van der Waals surface area contributed by atoms with E-state index < -0.39 is 16.1 Å². The number of hydrogen-bond donors (Lipinski definition) is 2. The van der Waals surface area contributed by atoms with E-state index in [1.54, 1.807) is 13.8 Å². The molecule has 1 heterocycles. The lowest BCUT2D eigenvalue weighted by atomic mass is 10.0. The minimum atomic E-state index is -3.56. The molecule has 0 bridgehead atoms. The predicted molar refractivity (Wildman–Crippen MR) is 117 cm³/mol. The van der Waals surface area contributed by atoms with Gasteiger partial charge in [0.2, 0.25) is 10.0 Å². The highest BCUT2D eigenvalue weighted by Crippen LogP contribution is 2.29. The molecule has 0 aromatic heterocycles. The van der Waals surface area contributed by atoms with Crippen LogP contribution in [0.1, 0.15) is 41.4 Å². The molecule has 2 aromatic carbocycles. The minimum Gasteiger partial charge on any atom is -0.387 e. The van der Waals surface area contributed by atoms with Crippen LogP contribution < -0.4 is 10.2 Å². The Morgan fingerprint density at radius 3 is 2.47 bits per heavy atom. The van der Waals surface area contributed by atoms with Crippen molar-refractivity contribution in [1.82, 2.24) is 9.62 Å². The topological polar surface area (TPSA) is 90.0 Å². The van der Waals surface area contributed by atoms with E-state index in [-0.39, 0.29) is 17.3 Å². The van der Waals surface area contributed by atoms with E-state index in [1.807, 2.05) is 25.2 Å². The van der Waals surface area contributed by atoms with E-state index in [9.17, 15) is 18.3 Å². The van der Waals surface area contributed by atoms with E-state index in [0.717, 1.165) is 18.5 Å². The first kappa shape index (κ1) is 22.3. The number of aliphatic hydroxyl groups is 1. The molecule has 0 spiro atoms. The number of carbonyl (C=O) groups is 1. The van der Waals surface area contributed by atoms with E-state index >= 15 is 0 Å². The van der Waals surface area contributed by atoms with Crippen LogP contribution >= 0.6 is 0 Å². The number of rotatable bonds is 8. The van der Waals surface area contributed by atoms with Gasteiger partial charge in [-0.05, 0) is 47.9 Å². The van der Waals surface area contributed by atoms with E-state index in [0.29, 0.717) is 18.7 Å². The fourth-order valence-corrected chi connectivity index (χ4v) is 5.15. The summed E-state index contributed by atoms with van der Waals surface area (Å²) in [5.74, 6) is -0.360. The van der Waals surface area contributed by atoms with Crippen LogP contribution in [0.5, 0.6) is 0 Å². The zero-order valence-electron chi connectivity index (χ0n) is 17.6. The van der Waals surface area contributed by atoms with Crippen LogP contribution in [0.25, 0.3) is 0 Å². The van der Waals surface area contributed by atoms with Crippen LogP contribution in [-0.4, -0.2) is 57.0 Å². The van der Waals surface area contributed by atoms with Gasteiger partial charge in [0.1, 0.15) is 0 Å². The summed E-state index contributed by atoms with van der Waals surface area (Å²) < 4.78 is 26.4. The number of aliphatic hydroxyl groups excluding tert-OH is 1. The Kier molecular flexibility index (Phi) is 6.80. The Morgan fingerprint density at radius 2 is 1.83 bits per heavy atom. The second-order valence-electron chi connectivity index (χ2n) is 7.40. The Morgan fingerprint density at radius 1 is 1.17 bits per heavy atom. The lowest BCUT2D eigenvalue weighted by molar-refractivity contribution is 0.0916. The molecule has 0 saturated heterocycles. The maximum absolute atomic E-state index is 12.5. The van der Waals surface area contributed by atoms with E-state index in [4.69, 9.17) is 0 Å². The molecule has 0 saturated carbocycles. The maximum atomic E-state index is 12.5. The molecule has 162 valence electrons. The van der Waals surface area contributed by atoms with Crippen molar-refractivity contribution in [2.45, 2.75) is 31.3 Å². The molecule has 1 aliphatic heterocycles. The van der Waals surface area contributed by atoms with Crippen molar-refractivity contribution >= 4 is 21.6 Å². The molecule has 3 rings (SSSR count). The zero-order valence-corrected chi connectivity index (χ0v) is 18.4.